The summed E-state index contributed by atoms with van der Waals surface area (Å²) in [5, 5.41) is 1.91. The number of nitrogens with one attached hydrogen (secondary N) is 2. The zero-order valence-corrected chi connectivity index (χ0v) is 16.0. The van der Waals surface area contributed by atoms with Crippen molar-refractivity contribution in [2.45, 2.75) is 16.7 Å². The van der Waals surface area contributed by atoms with Gasteiger partial charge in [-0.2, -0.15) is 0 Å². The maximum absolute atomic E-state index is 12.4. The van der Waals surface area contributed by atoms with E-state index in [0.29, 0.717) is 0 Å². The molecule has 3 rings (SSSR count). The number of hydrogen-bond donors (Lipinski definition) is 2. The van der Waals surface area contributed by atoms with Gasteiger partial charge in [0.2, 0.25) is 0 Å². The Balaban J connectivity index is 1.78. The van der Waals surface area contributed by atoms with Crippen molar-refractivity contribution in [3.05, 3.63) is 65.7 Å². The largest absolute Gasteiger partial charge is 0.280 e. The second-order valence-electron chi connectivity index (χ2n) is 5.39. The summed E-state index contributed by atoms with van der Waals surface area (Å²) in [6.07, 6.45) is 1.49. The third-order valence-corrected chi connectivity index (χ3v) is 6.97. The zero-order valence-electron chi connectivity index (χ0n) is 13.6. The molecule has 0 amide bonds. The van der Waals surface area contributed by atoms with E-state index in [1.54, 1.807) is 17.5 Å². The average molecular weight is 410 g/mol. The van der Waals surface area contributed by atoms with Gasteiger partial charge in [-0.15, -0.1) is 11.3 Å². The first kappa shape index (κ1) is 18.4. The smallest absolute Gasteiger partial charge is 0.263 e. The molecule has 1 aromatic heterocycles. The fourth-order valence-electron chi connectivity index (χ4n) is 2.08. The van der Waals surface area contributed by atoms with Crippen LogP contribution in [0.5, 0.6) is 0 Å². The van der Waals surface area contributed by atoms with Crippen LogP contribution in [0.15, 0.2) is 69.9 Å². The normalized spacial score (nSPS) is 11.9. The molecule has 1 heterocycles. The third kappa shape index (κ3) is 4.21. The van der Waals surface area contributed by atoms with Crippen molar-refractivity contribution in [1.82, 2.24) is 4.98 Å². The van der Waals surface area contributed by atoms with Gasteiger partial charge in [0.15, 0.2) is 5.13 Å². The maximum atomic E-state index is 12.4. The van der Waals surface area contributed by atoms with E-state index in [0.717, 1.165) is 16.9 Å². The minimum absolute atomic E-state index is 0.00554. The number of thiazole rings is 1. The van der Waals surface area contributed by atoms with Gasteiger partial charge in [-0.25, -0.2) is 21.8 Å². The number of benzene rings is 2. The lowest BCUT2D eigenvalue weighted by atomic mass is 10.2. The fourth-order valence-corrected chi connectivity index (χ4v) is 4.93. The van der Waals surface area contributed by atoms with Gasteiger partial charge >= 0.3 is 0 Å². The van der Waals surface area contributed by atoms with E-state index in [1.807, 2.05) is 6.92 Å². The highest BCUT2D eigenvalue weighted by atomic mass is 32.2. The Morgan fingerprint density at radius 3 is 1.88 bits per heavy atom. The Kier molecular flexibility index (Phi) is 4.99. The highest BCUT2D eigenvalue weighted by molar-refractivity contribution is 7.93. The summed E-state index contributed by atoms with van der Waals surface area (Å²) in [5.74, 6) is 0. The number of hydrogen-bond acceptors (Lipinski definition) is 6. The molecule has 0 radical (unpaired) electrons. The molecule has 0 spiro atoms. The van der Waals surface area contributed by atoms with Gasteiger partial charge in [0, 0.05) is 17.3 Å². The number of aromatic nitrogens is 1. The van der Waals surface area contributed by atoms with Crippen LogP contribution < -0.4 is 9.44 Å². The molecule has 10 heteroatoms. The van der Waals surface area contributed by atoms with Crippen molar-refractivity contribution < 1.29 is 16.8 Å². The summed E-state index contributed by atoms with van der Waals surface area (Å²) in [7, 11) is -7.52. The number of nitrogens with zero attached hydrogens (tertiary/aromatic N) is 1. The molecule has 3 aromatic rings. The van der Waals surface area contributed by atoms with Crippen molar-refractivity contribution in [2.75, 3.05) is 9.44 Å². The lowest BCUT2D eigenvalue weighted by Gasteiger charge is -2.10. The SMILES string of the molecule is Cc1ccc(S(=O)(=O)Nc2ccc(S(=O)(=O)Nc3nccs3)cc2)cc1. The van der Waals surface area contributed by atoms with Crippen LogP contribution in [0.3, 0.4) is 0 Å². The summed E-state index contributed by atoms with van der Waals surface area (Å²) in [6, 6.07) is 11.8. The van der Waals surface area contributed by atoms with E-state index < -0.39 is 20.0 Å². The molecule has 0 atom stereocenters. The van der Waals surface area contributed by atoms with Crippen LogP contribution in [0.2, 0.25) is 0 Å². The van der Waals surface area contributed by atoms with E-state index >= 15 is 0 Å². The molecule has 2 aromatic carbocycles. The predicted molar refractivity (Wildman–Crippen MR) is 101 cm³/mol. The molecule has 0 saturated carbocycles. The van der Waals surface area contributed by atoms with Crippen LogP contribution in [-0.2, 0) is 20.0 Å². The van der Waals surface area contributed by atoms with Crippen molar-refractivity contribution in [3.8, 4) is 0 Å². The maximum Gasteiger partial charge on any atom is 0.263 e. The van der Waals surface area contributed by atoms with Gasteiger partial charge in [-0.05, 0) is 43.3 Å². The van der Waals surface area contributed by atoms with Gasteiger partial charge < -0.3 is 0 Å². The molecule has 0 fully saturated rings. The minimum atomic E-state index is -3.78. The monoisotopic (exact) mass is 409 g/mol. The lowest BCUT2D eigenvalue weighted by Crippen LogP contribution is -2.14. The van der Waals surface area contributed by atoms with Gasteiger partial charge in [0.1, 0.15) is 0 Å². The van der Waals surface area contributed by atoms with Gasteiger partial charge in [-0.1, -0.05) is 17.7 Å². The number of aryl methyl sites for hydroxylation is 1. The molecule has 0 saturated heterocycles. The molecular formula is C16H15N3O4S3. The third-order valence-electron chi connectivity index (χ3n) is 3.40. The number of sulfonamides is 2. The van der Waals surface area contributed by atoms with Crippen molar-refractivity contribution >= 4 is 42.2 Å². The Labute approximate surface area is 155 Å². The van der Waals surface area contributed by atoms with Gasteiger partial charge in [-0.3, -0.25) is 9.44 Å². The summed E-state index contributed by atoms with van der Waals surface area (Å²) >= 11 is 1.16. The second-order valence-corrected chi connectivity index (χ2v) is 9.65. The second kappa shape index (κ2) is 7.06. The van der Waals surface area contributed by atoms with Crippen LogP contribution in [0.1, 0.15) is 5.56 Å². The molecule has 0 aliphatic heterocycles. The quantitative estimate of drug-likeness (QED) is 0.651. The number of anilines is 2. The first-order valence-electron chi connectivity index (χ1n) is 7.38. The highest BCUT2D eigenvalue weighted by Crippen LogP contribution is 2.21. The molecular weight excluding hydrogens is 394 g/mol. The van der Waals surface area contributed by atoms with E-state index in [2.05, 4.69) is 14.4 Å². The minimum Gasteiger partial charge on any atom is -0.280 e. The van der Waals surface area contributed by atoms with E-state index in [4.69, 9.17) is 0 Å². The van der Waals surface area contributed by atoms with E-state index in [9.17, 15) is 16.8 Å². The van der Waals surface area contributed by atoms with Gasteiger partial charge in [0.25, 0.3) is 20.0 Å². The van der Waals surface area contributed by atoms with Crippen molar-refractivity contribution in [1.29, 1.82) is 0 Å². The Morgan fingerprint density at radius 1 is 0.808 bits per heavy atom. The van der Waals surface area contributed by atoms with Crippen LogP contribution in [0.25, 0.3) is 0 Å². The van der Waals surface area contributed by atoms with E-state index in [1.165, 1.54) is 42.6 Å². The molecule has 26 heavy (non-hydrogen) atoms. The first-order valence-corrected chi connectivity index (χ1v) is 11.2. The summed E-state index contributed by atoms with van der Waals surface area (Å²) in [5.41, 5.74) is 1.21. The standard InChI is InChI=1S/C16H15N3O4S3/c1-12-2-6-14(7-3-12)25(20,21)18-13-4-8-15(9-5-13)26(22,23)19-16-17-10-11-24-16/h2-11,18H,1H3,(H,17,19). The molecule has 0 bridgehead atoms. The average Bonchev–Trinajstić information content (AvgIpc) is 3.07. The van der Waals surface area contributed by atoms with Crippen LogP contribution in [-0.4, -0.2) is 21.8 Å². The molecule has 0 aliphatic carbocycles. The van der Waals surface area contributed by atoms with Crippen molar-refractivity contribution in [3.63, 3.8) is 0 Å². The first-order chi connectivity index (χ1) is 12.3. The summed E-state index contributed by atoms with van der Waals surface area (Å²) < 4.78 is 54.0. The zero-order chi connectivity index (χ0) is 18.8. The van der Waals surface area contributed by atoms with Gasteiger partial charge in [0.05, 0.1) is 9.79 Å². The molecule has 7 nitrogen and oxygen atoms in total. The molecule has 2 N–H and O–H groups in total. The Bertz CT molecular complexity index is 1090. The van der Waals surface area contributed by atoms with E-state index in [-0.39, 0.29) is 20.6 Å². The highest BCUT2D eigenvalue weighted by Gasteiger charge is 2.17. The predicted octanol–water partition coefficient (Wildman–Crippen LogP) is 3.05. The van der Waals surface area contributed by atoms with Crippen LogP contribution in [0.4, 0.5) is 10.8 Å². The van der Waals surface area contributed by atoms with Crippen LogP contribution in [0, 0.1) is 6.92 Å². The molecule has 0 aliphatic rings. The Morgan fingerprint density at radius 2 is 1.35 bits per heavy atom. The fraction of sp³-hybridized carbons (Fsp3) is 0.0625. The molecule has 0 unspecified atom stereocenters. The summed E-state index contributed by atoms with van der Waals surface area (Å²) in [4.78, 5) is 4.00. The van der Waals surface area contributed by atoms with Crippen molar-refractivity contribution in [2.24, 2.45) is 0 Å². The number of rotatable bonds is 6. The van der Waals surface area contributed by atoms with Crippen LogP contribution >= 0.6 is 11.3 Å². The summed E-state index contributed by atoms with van der Waals surface area (Å²) in [6.45, 7) is 1.86. The Hall–Kier alpha value is -2.43. The molecule has 136 valence electrons. The lowest BCUT2D eigenvalue weighted by molar-refractivity contribution is 0.600. The topological polar surface area (TPSA) is 105 Å².